The lowest BCUT2D eigenvalue weighted by Gasteiger charge is -2.30. The average Bonchev–Trinajstić information content (AvgIpc) is 3.72. The summed E-state index contributed by atoms with van der Waals surface area (Å²) in [5.41, 5.74) is 17.5. The Bertz CT molecular complexity index is 2900. The average molecular weight is 731 g/mol. The predicted molar refractivity (Wildman–Crippen MR) is 240 cm³/mol. The first-order chi connectivity index (χ1) is 28.0. The van der Waals surface area contributed by atoms with Gasteiger partial charge >= 0.3 is 0 Å². The molecule has 8 aromatic rings. The second-order valence-electron chi connectivity index (χ2n) is 16.1. The highest BCUT2D eigenvalue weighted by molar-refractivity contribution is 6.07. The van der Waals surface area contributed by atoms with Gasteiger partial charge in [0.25, 0.3) is 0 Å². The minimum atomic E-state index is -0.114. The minimum absolute atomic E-state index is 0.114. The minimum Gasteiger partial charge on any atom is -0.333 e. The van der Waals surface area contributed by atoms with Crippen LogP contribution >= 0.6 is 0 Å². The van der Waals surface area contributed by atoms with E-state index in [1.165, 1.54) is 72.2 Å². The molecule has 2 nitrogen and oxygen atoms in total. The molecule has 57 heavy (non-hydrogen) atoms. The van der Waals surface area contributed by atoms with Crippen molar-refractivity contribution in [2.24, 2.45) is 0 Å². The first kappa shape index (κ1) is 33.4. The van der Waals surface area contributed by atoms with Gasteiger partial charge in [0, 0.05) is 39.5 Å². The molecule has 2 unspecified atom stereocenters. The third-order valence-corrected chi connectivity index (χ3v) is 12.6. The second-order valence-corrected chi connectivity index (χ2v) is 16.1. The number of fused-ring (bicyclic) bond motifs is 7. The van der Waals surface area contributed by atoms with Crippen LogP contribution in [0.4, 0.5) is 28.4 Å². The number of hydrogen-bond acceptors (Lipinski definition) is 2. The number of benzene rings is 8. The van der Waals surface area contributed by atoms with Crippen molar-refractivity contribution in [1.29, 1.82) is 0 Å². The van der Waals surface area contributed by atoms with E-state index in [1.54, 1.807) is 0 Å². The molecular weight excluding hydrogens is 689 g/mol. The van der Waals surface area contributed by atoms with Crippen molar-refractivity contribution < 1.29 is 0 Å². The molecule has 8 aromatic carbocycles. The van der Waals surface area contributed by atoms with E-state index in [-0.39, 0.29) is 11.5 Å². The molecule has 0 amide bonds. The van der Waals surface area contributed by atoms with Crippen molar-refractivity contribution in [3.05, 3.63) is 223 Å². The zero-order chi connectivity index (χ0) is 38.1. The SMILES string of the molecule is CC1(C)c2ccccc2-c2ccc(N(c3cccc(-c4ccccc4)c3)c3ccc(-c4ccc5c(c4)C4C=CC=CC4N5c4ccccc4)c4ccccc34)cc21. The topological polar surface area (TPSA) is 6.48 Å². The van der Waals surface area contributed by atoms with Gasteiger partial charge in [0.1, 0.15) is 0 Å². The fraction of sp³-hybridized carbons (Fsp3) is 0.0909. The molecular formula is C55H42N2. The number of hydrogen-bond donors (Lipinski definition) is 0. The molecule has 0 bridgehead atoms. The van der Waals surface area contributed by atoms with Crippen LogP contribution in [0.1, 0.15) is 36.5 Å². The third kappa shape index (κ3) is 5.32. The van der Waals surface area contributed by atoms with Gasteiger partial charge in [-0.15, -0.1) is 0 Å². The fourth-order valence-electron chi connectivity index (χ4n) is 9.84. The molecule has 0 spiro atoms. The maximum atomic E-state index is 2.50. The summed E-state index contributed by atoms with van der Waals surface area (Å²) in [4.78, 5) is 4.98. The molecule has 2 atom stereocenters. The molecule has 0 saturated carbocycles. The lowest BCUT2D eigenvalue weighted by atomic mass is 9.82. The lowest BCUT2D eigenvalue weighted by Crippen LogP contribution is -2.28. The molecule has 0 aromatic heterocycles. The maximum absolute atomic E-state index is 2.50. The van der Waals surface area contributed by atoms with Crippen LogP contribution in [0.25, 0.3) is 44.2 Å². The Morgan fingerprint density at radius 2 is 1.16 bits per heavy atom. The van der Waals surface area contributed by atoms with Gasteiger partial charge in [-0.1, -0.05) is 166 Å². The van der Waals surface area contributed by atoms with E-state index in [4.69, 9.17) is 0 Å². The lowest BCUT2D eigenvalue weighted by molar-refractivity contribution is 0.660. The number of rotatable bonds is 6. The normalized spacial score (nSPS) is 16.9. The quantitative estimate of drug-likeness (QED) is 0.168. The van der Waals surface area contributed by atoms with E-state index >= 15 is 0 Å². The van der Waals surface area contributed by atoms with E-state index in [1.807, 2.05) is 0 Å². The molecule has 2 heteroatoms. The first-order valence-electron chi connectivity index (χ1n) is 20.1. The second kappa shape index (κ2) is 13.1. The molecule has 1 heterocycles. The summed E-state index contributed by atoms with van der Waals surface area (Å²) < 4.78 is 0. The van der Waals surface area contributed by atoms with Crippen LogP contribution in [0.15, 0.2) is 206 Å². The summed E-state index contributed by atoms with van der Waals surface area (Å²) in [6.07, 6.45) is 9.12. The number of allylic oxidation sites excluding steroid dienone is 2. The van der Waals surface area contributed by atoms with Crippen LogP contribution in [-0.4, -0.2) is 6.04 Å². The Morgan fingerprint density at radius 1 is 0.474 bits per heavy atom. The molecule has 11 rings (SSSR count). The Balaban J connectivity index is 1.08. The molecule has 0 fully saturated rings. The van der Waals surface area contributed by atoms with Crippen LogP contribution in [0, 0.1) is 0 Å². The summed E-state index contributed by atoms with van der Waals surface area (Å²) in [5.74, 6) is 0.290. The largest absolute Gasteiger partial charge is 0.333 e. The van der Waals surface area contributed by atoms with Gasteiger partial charge in [-0.25, -0.2) is 0 Å². The highest BCUT2D eigenvalue weighted by Crippen LogP contribution is 2.52. The van der Waals surface area contributed by atoms with Crippen molar-refractivity contribution >= 4 is 39.2 Å². The van der Waals surface area contributed by atoms with Crippen molar-refractivity contribution in [1.82, 2.24) is 0 Å². The highest BCUT2D eigenvalue weighted by atomic mass is 15.2. The van der Waals surface area contributed by atoms with E-state index in [0.29, 0.717) is 5.92 Å². The molecule has 0 saturated heterocycles. The maximum Gasteiger partial charge on any atom is 0.0629 e. The Kier molecular flexibility index (Phi) is 7.69. The van der Waals surface area contributed by atoms with E-state index < -0.39 is 0 Å². The zero-order valence-corrected chi connectivity index (χ0v) is 32.2. The van der Waals surface area contributed by atoms with Crippen molar-refractivity contribution in [3.8, 4) is 33.4 Å². The monoisotopic (exact) mass is 730 g/mol. The van der Waals surface area contributed by atoms with Gasteiger partial charge in [-0.05, 0) is 110 Å². The predicted octanol–water partition coefficient (Wildman–Crippen LogP) is 14.7. The summed E-state index contributed by atoms with van der Waals surface area (Å²) in [6.45, 7) is 4.73. The van der Waals surface area contributed by atoms with Crippen molar-refractivity contribution in [3.63, 3.8) is 0 Å². The molecule has 1 aliphatic heterocycles. The fourth-order valence-corrected chi connectivity index (χ4v) is 9.84. The molecule has 0 radical (unpaired) electrons. The van der Waals surface area contributed by atoms with Gasteiger partial charge in [-0.3, -0.25) is 0 Å². The smallest absolute Gasteiger partial charge is 0.0629 e. The number of nitrogens with zero attached hydrogens (tertiary/aromatic N) is 2. The zero-order valence-electron chi connectivity index (χ0n) is 32.2. The van der Waals surface area contributed by atoms with Crippen LogP contribution in [0.5, 0.6) is 0 Å². The van der Waals surface area contributed by atoms with E-state index in [2.05, 4.69) is 230 Å². The summed E-state index contributed by atoms with van der Waals surface area (Å²) in [5, 5.41) is 2.45. The van der Waals surface area contributed by atoms with Crippen LogP contribution in [-0.2, 0) is 5.41 Å². The molecule has 3 aliphatic rings. The highest BCUT2D eigenvalue weighted by Gasteiger charge is 2.38. The summed E-state index contributed by atoms with van der Waals surface area (Å²) in [7, 11) is 0. The van der Waals surface area contributed by atoms with Crippen molar-refractivity contribution in [2.45, 2.75) is 31.2 Å². The van der Waals surface area contributed by atoms with Crippen LogP contribution in [0.3, 0.4) is 0 Å². The van der Waals surface area contributed by atoms with Gasteiger partial charge in [0.05, 0.1) is 11.7 Å². The Morgan fingerprint density at radius 3 is 2.02 bits per heavy atom. The molecule has 0 N–H and O–H groups in total. The first-order valence-corrected chi connectivity index (χ1v) is 20.1. The molecule has 272 valence electrons. The van der Waals surface area contributed by atoms with Gasteiger partial charge < -0.3 is 9.80 Å². The van der Waals surface area contributed by atoms with E-state index in [9.17, 15) is 0 Å². The number of anilines is 5. The van der Waals surface area contributed by atoms with Gasteiger partial charge in [-0.2, -0.15) is 0 Å². The van der Waals surface area contributed by atoms with Gasteiger partial charge in [0.2, 0.25) is 0 Å². The standard InChI is InChI=1S/C55H42N2/c1-55(2)50-26-13-11-23-45(50)46-30-29-42(36-51(46)55)56(41-21-15-18-38(34-41)37-16-5-3-6-17-37)53-33-31-43(44-22-9-10-24-47(44)53)39-28-32-54-49(35-39)48-25-12-14-27-52(48)57(54)40-19-7-4-8-20-40/h3-36,48,52H,1-2H3. The Hall–Kier alpha value is -6.90. The number of para-hydroxylation sites is 1. The van der Waals surface area contributed by atoms with Crippen LogP contribution < -0.4 is 9.80 Å². The Labute approximate surface area is 335 Å². The summed E-state index contributed by atoms with van der Waals surface area (Å²) >= 11 is 0. The summed E-state index contributed by atoms with van der Waals surface area (Å²) in [6, 6.07) is 67.5. The molecule has 2 aliphatic carbocycles. The van der Waals surface area contributed by atoms with Gasteiger partial charge in [0.15, 0.2) is 0 Å². The van der Waals surface area contributed by atoms with Crippen LogP contribution in [0.2, 0.25) is 0 Å². The van der Waals surface area contributed by atoms with Crippen molar-refractivity contribution in [2.75, 3.05) is 9.80 Å². The van der Waals surface area contributed by atoms with E-state index in [0.717, 1.165) is 17.1 Å². The third-order valence-electron chi connectivity index (χ3n) is 12.6.